The van der Waals surface area contributed by atoms with Gasteiger partial charge < -0.3 is 19.5 Å². The summed E-state index contributed by atoms with van der Waals surface area (Å²) < 4.78 is 16.1. The third kappa shape index (κ3) is 7.89. The van der Waals surface area contributed by atoms with Gasteiger partial charge in [-0.25, -0.2) is 9.59 Å². The van der Waals surface area contributed by atoms with Crippen LogP contribution >= 0.6 is 11.3 Å². The van der Waals surface area contributed by atoms with Crippen LogP contribution in [0.3, 0.4) is 0 Å². The highest BCUT2D eigenvalue weighted by atomic mass is 32.1. The maximum absolute atomic E-state index is 12.5. The van der Waals surface area contributed by atoms with Crippen molar-refractivity contribution in [3.05, 3.63) is 45.8 Å². The van der Waals surface area contributed by atoms with Crippen molar-refractivity contribution in [3.63, 3.8) is 0 Å². The van der Waals surface area contributed by atoms with Gasteiger partial charge in [0, 0.05) is 6.42 Å². The average molecular weight is 476 g/mol. The van der Waals surface area contributed by atoms with E-state index in [1.807, 2.05) is 24.3 Å². The number of benzene rings is 1. The minimum Gasteiger partial charge on any atom is -0.494 e. The second kappa shape index (κ2) is 13.0. The first-order valence-electron chi connectivity index (χ1n) is 11.3. The van der Waals surface area contributed by atoms with E-state index < -0.39 is 11.9 Å². The zero-order chi connectivity index (χ0) is 24.4. The standard InChI is InChI=1S/C25H33NO6S/c1-6-9-18-11-13-19(14-12-18)31-15-8-10-20(27)26-23-21(24(28)30-7-2)17(5)22(33-23)25(29)32-16(3)4/h11-14,16H,6-10,15H2,1-5H3,(H,26,27). The molecular formula is C25H33NO6S. The molecule has 0 saturated carbocycles. The van der Waals surface area contributed by atoms with Crippen LogP contribution in [0.15, 0.2) is 24.3 Å². The lowest BCUT2D eigenvalue weighted by atomic mass is 10.1. The molecule has 0 unspecified atom stereocenters. The monoisotopic (exact) mass is 475 g/mol. The van der Waals surface area contributed by atoms with E-state index in [-0.39, 0.29) is 35.5 Å². The van der Waals surface area contributed by atoms with Gasteiger partial charge in [-0.1, -0.05) is 25.5 Å². The van der Waals surface area contributed by atoms with Crippen molar-refractivity contribution < 1.29 is 28.6 Å². The number of thiophene rings is 1. The number of ether oxygens (including phenoxy) is 3. The summed E-state index contributed by atoms with van der Waals surface area (Å²) in [5.74, 6) is -0.619. The lowest BCUT2D eigenvalue weighted by Crippen LogP contribution is -2.15. The van der Waals surface area contributed by atoms with Crippen LogP contribution in [-0.2, 0) is 20.7 Å². The third-order valence-electron chi connectivity index (χ3n) is 4.69. The number of amides is 1. The van der Waals surface area contributed by atoms with E-state index in [1.165, 1.54) is 5.56 Å². The number of carbonyl (C=O) groups excluding carboxylic acids is 3. The molecule has 1 N–H and O–H groups in total. The first kappa shape index (κ1) is 26.4. The number of hydrogen-bond acceptors (Lipinski definition) is 7. The Labute approximate surface area is 199 Å². The Balaban J connectivity index is 1.98. The van der Waals surface area contributed by atoms with E-state index in [0.717, 1.165) is 29.9 Å². The van der Waals surface area contributed by atoms with E-state index in [4.69, 9.17) is 14.2 Å². The van der Waals surface area contributed by atoms with Crippen LogP contribution in [0, 0.1) is 6.92 Å². The van der Waals surface area contributed by atoms with E-state index in [2.05, 4.69) is 12.2 Å². The Bertz CT molecular complexity index is 949. The fraction of sp³-hybridized carbons (Fsp3) is 0.480. The summed E-state index contributed by atoms with van der Waals surface area (Å²) in [6.45, 7) is 9.55. The summed E-state index contributed by atoms with van der Waals surface area (Å²) in [5.41, 5.74) is 1.90. The number of carbonyl (C=O) groups is 3. The van der Waals surface area contributed by atoms with Gasteiger partial charge in [0.05, 0.1) is 24.9 Å². The maximum Gasteiger partial charge on any atom is 0.348 e. The smallest absolute Gasteiger partial charge is 0.348 e. The number of anilines is 1. The highest BCUT2D eigenvalue weighted by molar-refractivity contribution is 7.18. The minimum atomic E-state index is -0.583. The van der Waals surface area contributed by atoms with Gasteiger partial charge in [-0.05, 0) is 63.8 Å². The quantitative estimate of drug-likeness (QED) is 0.320. The van der Waals surface area contributed by atoms with Gasteiger partial charge in [-0.3, -0.25) is 4.79 Å². The zero-order valence-electron chi connectivity index (χ0n) is 20.0. The van der Waals surface area contributed by atoms with Crippen molar-refractivity contribution in [2.75, 3.05) is 18.5 Å². The van der Waals surface area contributed by atoms with Gasteiger partial charge in [0.25, 0.3) is 0 Å². The predicted octanol–water partition coefficient (Wildman–Crippen LogP) is 5.55. The second-order valence-corrected chi connectivity index (χ2v) is 8.85. The Hall–Kier alpha value is -2.87. The topological polar surface area (TPSA) is 90.9 Å². The first-order chi connectivity index (χ1) is 15.8. The number of esters is 2. The molecule has 0 saturated heterocycles. The Morgan fingerprint density at radius 3 is 2.36 bits per heavy atom. The molecule has 0 radical (unpaired) electrons. The van der Waals surface area contributed by atoms with Crippen LogP contribution in [0.1, 0.15) is 78.1 Å². The lowest BCUT2D eigenvalue weighted by molar-refractivity contribution is -0.116. The molecule has 33 heavy (non-hydrogen) atoms. The van der Waals surface area contributed by atoms with Crippen LogP contribution in [0.4, 0.5) is 5.00 Å². The zero-order valence-corrected chi connectivity index (χ0v) is 20.8. The van der Waals surface area contributed by atoms with E-state index in [9.17, 15) is 14.4 Å². The van der Waals surface area contributed by atoms with Crippen molar-refractivity contribution in [2.24, 2.45) is 0 Å². The number of hydrogen-bond donors (Lipinski definition) is 1. The molecule has 0 fully saturated rings. The molecule has 180 valence electrons. The molecule has 2 aromatic rings. The molecule has 1 aromatic carbocycles. The molecule has 8 heteroatoms. The highest BCUT2D eigenvalue weighted by Crippen LogP contribution is 2.34. The van der Waals surface area contributed by atoms with Crippen LogP contribution in [0.2, 0.25) is 0 Å². The van der Waals surface area contributed by atoms with Gasteiger partial charge in [0.2, 0.25) is 5.91 Å². The normalized spacial score (nSPS) is 10.7. The first-order valence-corrected chi connectivity index (χ1v) is 12.1. The summed E-state index contributed by atoms with van der Waals surface area (Å²) >= 11 is 1.02. The lowest BCUT2D eigenvalue weighted by Gasteiger charge is -2.08. The minimum absolute atomic E-state index is 0.185. The molecule has 0 aliphatic carbocycles. The largest absolute Gasteiger partial charge is 0.494 e. The van der Waals surface area contributed by atoms with Crippen LogP contribution < -0.4 is 10.1 Å². The molecule has 0 aliphatic heterocycles. The van der Waals surface area contributed by atoms with Gasteiger partial charge >= 0.3 is 11.9 Å². The third-order valence-corrected chi connectivity index (χ3v) is 5.87. The maximum atomic E-state index is 12.5. The molecule has 2 rings (SSSR count). The van der Waals surface area contributed by atoms with Crippen molar-refractivity contribution >= 4 is 34.2 Å². The number of aryl methyl sites for hydroxylation is 1. The second-order valence-electron chi connectivity index (χ2n) is 7.83. The summed E-state index contributed by atoms with van der Waals surface area (Å²) in [5, 5.41) is 3.05. The van der Waals surface area contributed by atoms with Crippen molar-refractivity contribution in [1.29, 1.82) is 0 Å². The molecule has 0 aliphatic rings. The fourth-order valence-electron chi connectivity index (χ4n) is 3.17. The van der Waals surface area contributed by atoms with Crippen molar-refractivity contribution in [1.82, 2.24) is 0 Å². The van der Waals surface area contributed by atoms with Crippen molar-refractivity contribution in [3.8, 4) is 5.75 Å². The SMILES string of the molecule is CCCc1ccc(OCCCC(=O)Nc2sc(C(=O)OC(C)C)c(C)c2C(=O)OCC)cc1. The number of nitrogens with one attached hydrogen (secondary N) is 1. The molecule has 1 amide bonds. The van der Waals surface area contributed by atoms with Crippen molar-refractivity contribution in [2.45, 2.75) is 66.4 Å². The van der Waals surface area contributed by atoms with Gasteiger partial charge in [0.15, 0.2) is 0 Å². The van der Waals surface area contributed by atoms with E-state index in [0.29, 0.717) is 23.6 Å². The molecule has 0 spiro atoms. The molecule has 0 atom stereocenters. The van der Waals surface area contributed by atoms with Gasteiger partial charge in [-0.2, -0.15) is 0 Å². The summed E-state index contributed by atoms with van der Waals surface area (Å²) in [6.07, 6.45) is 2.54. The molecule has 1 aromatic heterocycles. The highest BCUT2D eigenvalue weighted by Gasteiger charge is 2.27. The molecule has 7 nitrogen and oxygen atoms in total. The Kier molecular flexibility index (Phi) is 10.4. The van der Waals surface area contributed by atoms with Gasteiger partial charge in [0.1, 0.15) is 15.6 Å². The Morgan fingerprint density at radius 1 is 1.06 bits per heavy atom. The Morgan fingerprint density at radius 2 is 1.76 bits per heavy atom. The molecule has 1 heterocycles. The average Bonchev–Trinajstić information content (AvgIpc) is 3.08. The predicted molar refractivity (Wildman–Crippen MR) is 129 cm³/mol. The van der Waals surface area contributed by atoms with Gasteiger partial charge in [-0.15, -0.1) is 11.3 Å². The summed E-state index contributed by atoms with van der Waals surface area (Å²) in [4.78, 5) is 37.7. The number of rotatable bonds is 12. The summed E-state index contributed by atoms with van der Waals surface area (Å²) in [6, 6.07) is 7.96. The molecule has 0 bridgehead atoms. The molecular weight excluding hydrogens is 442 g/mol. The fourth-order valence-corrected chi connectivity index (χ4v) is 4.26. The summed E-state index contributed by atoms with van der Waals surface area (Å²) in [7, 11) is 0. The van der Waals surface area contributed by atoms with Crippen LogP contribution in [0.5, 0.6) is 5.75 Å². The van der Waals surface area contributed by atoms with E-state index in [1.54, 1.807) is 27.7 Å². The van der Waals surface area contributed by atoms with Crippen LogP contribution in [-0.4, -0.2) is 37.2 Å². The van der Waals surface area contributed by atoms with E-state index >= 15 is 0 Å². The van der Waals surface area contributed by atoms with Crippen LogP contribution in [0.25, 0.3) is 0 Å².